The summed E-state index contributed by atoms with van der Waals surface area (Å²) in [5.41, 5.74) is 6.07. The Morgan fingerprint density at radius 3 is 1.27 bits per heavy atom. The number of amides is 3. The molecule has 0 saturated carbocycles. The molecule has 29 nitrogen and oxygen atoms in total. The summed E-state index contributed by atoms with van der Waals surface area (Å²) in [7, 11) is 0. The van der Waals surface area contributed by atoms with Crippen LogP contribution in [0.5, 0.6) is 0 Å². The van der Waals surface area contributed by atoms with E-state index in [0.717, 1.165) is 50.9 Å². The highest BCUT2D eigenvalue weighted by Crippen LogP contribution is 2.28. The molecular formula is C77H112N14O15. The third kappa shape index (κ3) is 30.2. The Kier molecular flexibility index (Phi) is 34.6. The zero-order valence-electron chi connectivity index (χ0n) is 66.4. The number of nitrogens with zero attached hydrogens (tertiary/aromatic N) is 6. The van der Waals surface area contributed by atoms with Crippen LogP contribution in [0.1, 0.15) is 258 Å². The van der Waals surface area contributed by atoms with Gasteiger partial charge in [-0.15, -0.1) is 0 Å². The molecule has 0 bridgehead atoms. The maximum Gasteiger partial charge on any atom is 0.358 e. The van der Waals surface area contributed by atoms with E-state index in [1.165, 1.54) is 25.7 Å². The van der Waals surface area contributed by atoms with Crippen LogP contribution in [0.2, 0.25) is 0 Å². The van der Waals surface area contributed by atoms with Gasteiger partial charge in [-0.05, 0) is 44.6 Å². The molecule has 0 spiro atoms. The molecule has 1 fully saturated rings. The van der Waals surface area contributed by atoms with Crippen molar-refractivity contribution in [2.45, 2.75) is 220 Å². The van der Waals surface area contributed by atoms with Crippen LogP contribution >= 0.6 is 0 Å². The normalized spacial score (nSPS) is 13.2. The molecule has 580 valence electrons. The van der Waals surface area contributed by atoms with Gasteiger partial charge < -0.3 is 59.5 Å². The Bertz CT molecular complexity index is 4310. The number of piperazine rings is 1. The molecule has 3 amide bonds. The molecule has 1 aliphatic heterocycles. The maximum atomic E-state index is 12.4. The lowest BCUT2D eigenvalue weighted by molar-refractivity contribution is -0.148. The van der Waals surface area contributed by atoms with Crippen LogP contribution < -0.4 is 27.1 Å². The second kappa shape index (κ2) is 40.1. The van der Waals surface area contributed by atoms with E-state index in [1.807, 2.05) is 113 Å². The lowest BCUT2D eigenvalue weighted by atomic mass is 9.89. The number of aldehydes is 1. The number of hydrogen-bond donors (Lipinski definition) is 9. The van der Waals surface area contributed by atoms with Gasteiger partial charge in [-0.1, -0.05) is 176 Å². The van der Waals surface area contributed by atoms with E-state index in [0.29, 0.717) is 42.6 Å². The number of aromatic nitrogens is 12. The molecule has 8 rings (SSSR count). The Balaban J connectivity index is 0.000000432. The van der Waals surface area contributed by atoms with Crippen molar-refractivity contribution in [3.05, 3.63) is 162 Å². The first-order chi connectivity index (χ1) is 48.9. The van der Waals surface area contributed by atoms with Gasteiger partial charge in [0.25, 0.3) is 17.0 Å². The molecular weight excluding hydrogens is 1360 g/mol. The highest BCUT2D eigenvalue weighted by molar-refractivity contribution is 6.12. The third-order valence-corrected chi connectivity index (χ3v) is 14.8. The molecule has 0 unspecified atom stereocenters. The number of hydrogen-bond acceptors (Lipinski definition) is 20. The highest BCUT2D eigenvalue weighted by atomic mass is 16.5. The molecule has 0 radical (unpaired) electrons. The van der Waals surface area contributed by atoms with E-state index < -0.39 is 40.5 Å². The average Bonchev–Trinajstić information content (AvgIpc) is 1.52. The lowest BCUT2D eigenvalue weighted by Gasteiger charge is -2.25. The van der Waals surface area contributed by atoms with Crippen LogP contribution in [-0.2, 0) is 81.5 Å². The molecule has 1 saturated heterocycles. The van der Waals surface area contributed by atoms with Crippen molar-refractivity contribution in [2.75, 3.05) is 26.4 Å². The topological polar surface area (TPSA) is 426 Å². The lowest BCUT2D eigenvalue weighted by Crippen LogP contribution is -2.51. The number of rotatable bonds is 13. The van der Waals surface area contributed by atoms with Crippen LogP contribution in [0.3, 0.4) is 0 Å². The minimum absolute atomic E-state index is 0.0120. The van der Waals surface area contributed by atoms with Crippen LogP contribution in [0.25, 0.3) is 18.2 Å². The quantitative estimate of drug-likeness (QED) is 0.0171. The van der Waals surface area contributed by atoms with E-state index >= 15 is 0 Å². The Morgan fingerprint density at radius 2 is 0.896 bits per heavy atom. The van der Waals surface area contributed by atoms with Gasteiger partial charge in [0.1, 0.15) is 53.0 Å². The first-order valence-corrected chi connectivity index (χ1v) is 34.6. The van der Waals surface area contributed by atoms with Crippen molar-refractivity contribution in [3.63, 3.8) is 0 Å². The largest absolute Gasteiger partial charge is 0.466 e. The Labute approximate surface area is 620 Å². The summed E-state index contributed by atoms with van der Waals surface area (Å²) in [5, 5.41) is 11.8. The number of aliphatic hydroxyl groups excluding tert-OH is 1. The van der Waals surface area contributed by atoms with Gasteiger partial charge >= 0.3 is 17.9 Å². The molecule has 0 atom stereocenters. The second-order valence-electron chi connectivity index (χ2n) is 31.4. The fraction of sp³-hybridized carbons (Fsp3) is 0.506. The summed E-state index contributed by atoms with van der Waals surface area (Å²) in [5.74, 6) is -2.77. The van der Waals surface area contributed by atoms with Gasteiger partial charge in [0.2, 0.25) is 11.8 Å². The number of benzene rings is 1. The predicted octanol–water partition coefficient (Wildman–Crippen LogP) is 9.01. The van der Waals surface area contributed by atoms with E-state index in [1.54, 1.807) is 93.4 Å². The van der Waals surface area contributed by atoms with E-state index in [-0.39, 0.29) is 98.1 Å². The fourth-order valence-corrected chi connectivity index (χ4v) is 9.19. The Morgan fingerprint density at radius 1 is 0.500 bits per heavy atom. The Hall–Kier alpha value is -10.6. The summed E-state index contributed by atoms with van der Waals surface area (Å²) >= 11 is 0. The zero-order valence-corrected chi connectivity index (χ0v) is 66.4. The van der Waals surface area contributed by atoms with E-state index in [2.05, 4.69) is 95.4 Å². The number of ether oxygens (including phenoxy) is 3. The van der Waals surface area contributed by atoms with Crippen molar-refractivity contribution in [1.82, 2.24) is 70.0 Å². The number of nitrogens with one attached hydrogen (secondary N) is 8. The number of imidazole rings is 5. The summed E-state index contributed by atoms with van der Waals surface area (Å²) in [6.07, 6.45) is 13.1. The number of H-pyrrole nitrogens is 7. The number of imide groups is 1. The smallest absolute Gasteiger partial charge is 0.358 e. The van der Waals surface area contributed by atoms with E-state index in [9.17, 15) is 52.7 Å². The molecule has 1 aliphatic rings. The number of aromatic amines is 7. The zero-order chi connectivity index (χ0) is 81.1. The molecule has 7 heterocycles. The van der Waals surface area contributed by atoms with Crippen molar-refractivity contribution in [2.24, 2.45) is 10.8 Å². The van der Waals surface area contributed by atoms with Crippen LogP contribution in [0.4, 0.5) is 0 Å². The monoisotopic (exact) mass is 1470 g/mol. The number of ketones is 2. The first kappa shape index (κ1) is 91.5. The van der Waals surface area contributed by atoms with Crippen LogP contribution in [0, 0.1) is 10.8 Å². The third-order valence-electron chi connectivity index (χ3n) is 14.8. The standard InChI is InChI=1S/C19H20N4O2.C14H18N4O3.C10H16N2O2.2C9H16O3.C8H14N2O.C8H12N2O/c1-19(2,3)16-13(20-11-21-16)10-15-18(25)22-14(17(24)23-15)9-12-7-5-4-6-8-12;1-8(19)18-6-11(20)17-10(13(18)21)5-9-12(14(2,3)4)16-7-15-9;1-5-14-9(13)7-8(10(2,3)4)12-6-11-7;2*1-5-12-8(11)6-7(10)9(2,3)4;2*1-8(2,3)7-6(4-11)9-5-10-7/h4-11H,1-3H3,(H,20,21)(H,22,25)(H,23,24);5,7H,6H2,1-4H3,(H,15,16)(H,17,20);6H,5H2,1-4H3,(H,11,12);2*5-6H2,1-4H3;5,11H,4H2,1-3H3,(H,9,10);4-5H,1-3H3,(H,9,10)/b14-9-,15-10-;10-5-;;;;;. The number of carbonyl (C=O) groups excluding carboxylic acids is 9. The minimum atomic E-state index is -0.523. The molecule has 7 aromatic rings. The first-order valence-electron chi connectivity index (χ1n) is 34.6. The molecule has 0 aliphatic carbocycles. The number of Topliss-reactive ketones (excluding diaryl/α,β-unsaturated/α-hetero) is 2. The summed E-state index contributed by atoms with van der Waals surface area (Å²) < 4.78 is 14.2. The van der Waals surface area contributed by atoms with Gasteiger partial charge in [0, 0.05) is 56.2 Å². The van der Waals surface area contributed by atoms with Gasteiger partial charge in [-0.2, -0.15) is 0 Å². The summed E-state index contributed by atoms with van der Waals surface area (Å²) in [6.45, 7) is 48.5. The average molecular weight is 1470 g/mol. The molecule has 6 aromatic heterocycles. The molecule has 1 aromatic carbocycles. The molecule has 9 N–H and O–H groups in total. The van der Waals surface area contributed by atoms with Gasteiger partial charge in [0.15, 0.2) is 12.0 Å². The predicted molar refractivity (Wildman–Crippen MR) is 404 cm³/mol. The highest BCUT2D eigenvalue weighted by Gasteiger charge is 2.33. The fourth-order valence-electron chi connectivity index (χ4n) is 9.19. The van der Waals surface area contributed by atoms with Crippen molar-refractivity contribution in [3.8, 4) is 0 Å². The molecule has 106 heavy (non-hydrogen) atoms. The summed E-state index contributed by atoms with van der Waals surface area (Å²) in [4.78, 5) is 168. The van der Waals surface area contributed by atoms with Crippen molar-refractivity contribution < 1.29 is 62.5 Å². The second-order valence-corrected chi connectivity index (χ2v) is 31.4. The number of carbonyl (C=O) groups is 9. The SMILES string of the molecule is CC(=O)N1CC(=O)N/C(=C\c2nc[nH]c2C(C)(C)C)C1=O.CC(C)(C)c1[nH]cnc1/C=c1\[nH]c(=O)/c(=C/c2ccccc2)[nH]c1=O.CC(C)(C)c1[nH]cnc1C=O.CC(C)(C)c1nc[nH]c1CO.CCOC(=O)CC(=O)C(C)(C)C.CCOC(=O)CC(=O)C(C)(C)C.CCOC(=O)c1nc[nH]c1C(C)(C)C. The van der Waals surface area contributed by atoms with Gasteiger partial charge in [-0.3, -0.25) is 52.8 Å². The number of aliphatic hydroxyl groups is 1. The van der Waals surface area contributed by atoms with E-state index in [4.69, 9.17) is 9.84 Å². The molecule has 29 heteroatoms. The minimum Gasteiger partial charge on any atom is -0.466 e. The van der Waals surface area contributed by atoms with Gasteiger partial charge in [-0.25, -0.2) is 29.7 Å². The maximum absolute atomic E-state index is 12.4. The van der Waals surface area contributed by atoms with Crippen LogP contribution in [0.15, 0.2) is 77.3 Å². The van der Waals surface area contributed by atoms with Crippen LogP contribution in [-0.4, -0.2) is 150 Å². The van der Waals surface area contributed by atoms with Crippen molar-refractivity contribution in [1.29, 1.82) is 0 Å². The van der Waals surface area contributed by atoms with Crippen molar-refractivity contribution >= 4 is 71.7 Å². The van der Waals surface area contributed by atoms with Gasteiger partial charge in [0.05, 0.1) is 92.2 Å². The summed E-state index contributed by atoms with van der Waals surface area (Å²) in [6, 6.07) is 9.34. The number of esters is 3.